The first-order valence-corrected chi connectivity index (χ1v) is 8.65. The lowest BCUT2D eigenvalue weighted by molar-refractivity contribution is -0.123. The van der Waals surface area contributed by atoms with E-state index in [1.807, 2.05) is 69.3 Å². The van der Waals surface area contributed by atoms with Crippen LogP contribution in [0.15, 0.2) is 48.5 Å². The van der Waals surface area contributed by atoms with Crippen molar-refractivity contribution < 1.29 is 9.59 Å². The summed E-state index contributed by atoms with van der Waals surface area (Å²) in [6.07, 6.45) is 0.808. The number of para-hydroxylation sites is 1. The summed E-state index contributed by atoms with van der Waals surface area (Å²) in [6.45, 7) is 7.48. The van der Waals surface area contributed by atoms with Crippen LogP contribution < -0.4 is 10.2 Å². The normalized spacial score (nSPS) is 11.7. The number of rotatable bonds is 6. The average Bonchev–Trinajstić information content (AvgIpc) is 2.60. The quantitative estimate of drug-likeness (QED) is 0.871. The van der Waals surface area contributed by atoms with Gasteiger partial charge in [-0.3, -0.25) is 9.59 Å². The molecule has 0 aromatic heterocycles. The first-order chi connectivity index (χ1) is 11.9. The molecule has 2 rings (SSSR count). The molecule has 0 aliphatic rings. The van der Waals surface area contributed by atoms with E-state index in [-0.39, 0.29) is 24.4 Å². The Labute approximate surface area is 149 Å². The number of carbonyl (C=O) groups is 2. The molecule has 0 saturated heterocycles. The second kappa shape index (κ2) is 8.47. The smallest absolute Gasteiger partial charge is 0.240 e. The highest BCUT2D eigenvalue weighted by molar-refractivity contribution is 5.98. The van der Waals surface area contributed by atoms with Crippen LogP contribution in [0.3, 0.4) is 0 Å². The van der Waals surface area contributed by atoms with Gasteiger partial charge in [-0.1, -0.05) is 55.5 Å². The highest BCUT2D eigenvalue weighted by atomic mass is 16.2. The zero-order valence-corrected chi connectivity index (χ0v) is 15.4. The Morgan fingerprint density at radius 1 is 1.08 bits per heavy atom. The van der Waals surface area contributed by atoms with Crippen molar-refractivity contribution in [3.8, 4) is 0 Å². The molecular weight excluding hydrogens is 312 g/mol. The van der Waals surface area contributed by atoms with Gasteiger partial charge in [-0.05, 0) is 37.0 Å². The summed E-state index contributed by atoms with van der Waals surface area (Å²) in [4.78, 5) is 26.3. The maximum Gasteiger partial charge on any atom is 0.240 e. The Morgan fingerprint density at radius 3 is 2.36 bits per heavy atom. The number of hydrogen-bond acceptors (Lipinski definition) is 2. The van der Waals surface area contributed by atoms with Gasteiger partial charge in [0.1, 0.15) is 6.54 Å². The molecule has 0 aliphatic carbocycles. The van der Waals surface area contributed by atoms with Crippen molar-refractivity contribution in [2.45, 2.75) is 40.2 Å². The number of hydrogen-bond donors (Lipinski definition) is 1. The van der Waals surface area contributed by atoms with Crippen LogP contribution in [0.2, 0.25) is 0 Å². The van der Waals surface area contributed by atoms with Gasteiger partial charge in [-0.2, -0.15) is 0 Å². The van der Waals surface area contributed by atoms with Crippen LogP contribution in [0.4, 0.5) is 5.69 Å². The van der Waals surface area contributed by atoms with Crippen LogP contribution in [0.5, 0.6) is 0 Å². The summed E-state index contributed by atoms with van der Waals surface area (Å²) >= 11 is 0. The van der Waals surface area contributed by atoms with Crippen LogP contribution in [0.25, 0.3) is 0 Å². The molecule has 0 radical (unpaired) electrons. The van der Waals surface area contributed by atoms with Crippen molar-refractivity contribution in [2.24, 2.45) is 0 Å². The molecule has 0 aliphatic heterocycles. The Kier molecular flexibility index (Phi) is 6.34. The van der Waals surface area contributed by atoms with Crippen molar-refractivity contribution in [1.82, 2.24) is 5.32 Å². The molecule has 2 aromatic rings. The van der Waals surface area contributed by atoms with Gasteiger partial charge in [0.2, 0.25) is 11.8 Å². The summed E-state index contributed by atoms with van der Waals surface area (Å²) in [5.41, 5.74) is 3.95. The van der Waals surface area contributed by atoms with E-state index in [4.69, 9.17) is 0 Å². The lowest BCUT2D eigenvalue weighted by Gasteiger charge is -2.26. The first-order valence-electron chi connectivity index (χ1n) is 8.65. The lowest BCUT2D eigenvalue weighted by atomic mass is 10.0. The van der Waals surface area contributed by atoms with Gasteiger partial charge >= 0.3 is 0 Å². The number of nitrogens with one attached hydrogen (secondary N) is 1. The van der Waals surface area contributed by atoms with E-state index in [1.54, 1.807) is 4.90 Å². The van der Waals surface area contributed by atoms with Gasteiger partial charge < -0.3 is 10.2 Å². The van der Waals surface area contributed by atoms with Gasteiger partial charge in [0.25, 0.3) is 0 Å². The molecule has 1 N–H and O–H groups in total. The number of nitrogens with zero attached hydrogens (tertiary/aromatic N) is 1. The first kappa shape index (κ1) is 18.7. The standard InChI is InChI=1S/C21H26N2O2/c1-5-18-13-9-10-15(2)21(18)23(17(4)24)14-20(25)22-16(3)19-11-7-6-8-12-19/h6-13,16H,5,14H2,1-4H3,(H,22,25). The summed E-state index contributed by atoms with van der Waals surface area (Å²) in [5.74, 6) is -0.302. The molecule has 4 heteroatoms. The highest BCUT2D eigenvalue weighted by Gasteiger charge is 2.21. The van der Waals surface area contributed by atoms with Crippen molar-refractivity contribution in [3.05, 3.63) is 65.2 Å². The van der Waals surface area contributed by atoms with Crippen LogP contribution in [0.1, 0.15) is 43.5 Å². The third-order valence-corrected chi connectivity index (χ3v) is 4.33. The van der Waals surface area contributed by atoms with Crippen LogP contribution >= 0.6 is 0 Å². The van der Waals surface area contributed by atoms with Crippen molar-refractivity contribution in [3.63, 3.8) is 0 Å². The van der Waals surface area contributed by atoms with E-state index in [2.05, 4.69) is 5.32 Å². The SMILES string of the molecule is CCc1cccc(C)c1N(CC(=O)NC(C)c1ccccc1)C(C)=O. The lowest BCUT2D eigenvalue weighted by Crippen LogP contribution is -2.41. The molecule has 0 saturated carbocycles. The molecule has 0 heterocycles. The Balaban J connectivity index is 2.17. The number of carbonyl (C=O) groups excluding carboxylic acids is 2. The average molecular weight is 338 g/mol. The number of benzene rings is 2. The Morgan fingerprint density at radius 2 is 1.76 bits per heavy atom. The van der Waals surface area contributed by atoms with Crippen molar-refractivity contribution in [1.29, 1.82) is 0 Å². The van der Waals surface area contributed by atoms with Gasteiger partial charge in [-0.25, -0.2) is 0 Å². The minimum Gasteiger partial charge on any atom is -0.348 e. The minimum absolute atomic E-state index is 0.0182. The molecule has 25 heavy (non-hydrogen) atoms. The fourth-order valence-corrected chi connectivity index (χ4v) is 2.99. The third kappa shape index (κ3) is 4.69. The van der Waals surface area contributed by atoms with Crippen LogP contribution in [-0.4, -0.2) is 18.4 Å². The number of aryl methyl sites for hydroxylation is 2. The molecule has 0 spiro atoms. The molecule has 2 amide bonds. The molecule has 0 bridgehead atoms. The van der Waals surface area contributed by atoms with Crippen molar-refractivity contribution in [2.75, 3.05) is 11.4 Å². The maximum absolute atomic E-state index is 12.5. The predicted octanol–water partition coefficient (Wildman–Crippen LogP) is 3.79. The van der Waals surface area contributed by atoms with Crippen LogP contribution in [-0.2, 0) is 16.0 Å². The van der Waals surface area contributed by atoms with Gasteiger partial charge in [0.05, 0.1) is 11.7 Å². The summed E-state index contributed by atoms with van der Waals surface area (Å²) in [5, 5.41) is 2.98. The van der Waals surface area contributed by atoms with E-state index in [9.17, 15) is 9.59 Å². The Bertz CT molecular complexity index is 741. The second-order valence-corrected chi connectivity index (χ2v) is 6.24. The van der Waals surface area contributed by atoms with E-state index >= 15 is 0 Å². The van der Waals surface area contributed by atoms with E-state index in [0.29, 0.717) is 0 Å². The molecule has 0 fully saturated rings. The monoisotopic (exact) mass is 338 g/mol. The summed E-state index contributed by atoms with van der Waals surface area (Å²) < 4.78 is 0. The second-order valence-electron chi connectivity index (χ2n) is 6.24. The topological polar surface area (TPSA) is 49.4 Å². The van der Waals surface area contributed by atoms with Gasteiger partial charge in [0.15, 0.2) is 0 Å². The molecule has 2 aromatic carbocycles. The summed E-state index contributed by atoms with van der Waals surface area (Å²) in [6, 6.07) is 15.6. The van der Waals surface area contributed by atoms with Crippen molar-refractivity contribution >= 4 is 17.5 Å². The third-order valence-electron chi connectivity index (χ3n) is 4.33. The molecule has 132 valence electrons. The largest absolute Gasteiger partial charge is 0.348 e. The molecule has 1 atom stereocenters. The fourth-order valence-electron chi connectivity index (χ4n) is 2.99. The van der Waals surface area contributed by atoms with E-state index < -0.39 is 0 Å². The van der Waals surface area contributed by atoms with E-state index in [0.717, 1.165) is 28.8 Å². The fraction of sp³-hybridized carbons (Fsp3) is 0.333. The zero-order chi connectivity index (χ0) is 18.4. The molecule has 4 nitrogen and oxygen atoms in total. The Hall–Kier alpha value is -2.62. The zero-order valence-electron chi connectivity index (χ0n) is 15.4. The number of amides is 2. The summed E-state index contributed by atoms with van der Waals surface area (Å²) in [7, 11) is 0. The number of anilines is 1. The maximum atomic E-state index is 12.5. The molecular formula is C21H26N2O2. The van der Waals surface area contributed by atoms with Gasteiger partial charge in [-0.15, -0.1) is 0 Å². The van der Waals surface area contributed by atoms with Gasteiger partial charge in [0, 0.05) is 6.92 Å². The molecule has 1 unspecified atom stereocenters. The predicted molar refractivity (Wildman–Crippen MR) is 102 cm³/mol. The highest BCUT2D eigenvalue weighted by Crippen LogP contribution is 2.26. The minimum atomic E-state index is -0.170. The van der Waals surface area contributed by atoms with Crippen LogP contribution in [0, 0.1) is 6.92 Å². The van der Waals surface area contributed by atoms with E-state index in [1.165, 1.54) is 6.92 Å².